The molecule has 2 atom stereocenters. The van der Waals surface area contributed by atoms with Crippen molar-refractivity contribution in [1.29, 1.82) is 0 Å². The third-order valence-electron chi connectivity index (χ3n) is 6.61. The number of benzene rings is 1. The summed E-state index contributed by atoms with van der Waals surface area (Å²) in [6.45, 7) is 5.49. The van der Waals surface area contributed by atoms with Gasteiger partial charge in [-0.05, 0) is 37.8 Å². The van der Waals surface area contributed by atoms with Gasteiger partial charge in [0.15, 0.2) is 0 Å². The molecule has 2 heterocycles. The summed E-state index contributed by atoms with van der Waals surface area (Å²) in [5.74, 6) is 0.681. The van der Waals surface area contributed by atoms with Crippen LogP contribution < -0.4 is 4.74 Å². The van der Waals surface area contributed by atoms with E-state index < -0.39 is 12.1 Å². The van der Waals surface area contributed by atoms with E-state index in [1.165, 1.54) is 24.2 Å². The van der Waals surface area contributed by atoms with E-state index >= 15 is 0 Å². The van der Waals surface area contributed by atoms with Gasteiger partial charge in [0, 0.05) is 38.6 Å². The second-order valence-corrected chi connectivity index (χ2v) is 8.49. The van der Waals surface area contributed by atoms with Gasteiger partial charge in [-0.2, -0.15) is 0 Å². The maximum atomic E-state index is 13.2. The Labute approximate surface area is 172 Å². The first kappa shape index (κ1) is 20.0. The molecular weight excluding hydrogens is 370 g/mol. The number of carboxylic acid groups (broad SMARTS) is 1. The third kappa shape index (κ3) is 4.34. The van der Waals surface area contributed by atoms with Crippen LogP contribution in [0.3, 0.4) is 0 Å². The van der Waals surface area contributed by atoms with Crippen LogP contribution >= 0.6 is 0 Å². The molecule has 1 aliphatic carbocycles. The highest BCUT2D eigenvalue weighted by molar-refractivity contribution is 5.86. The quantitative estimate of drug-likeness (QED) is 0.840. The van der Waals surface area contributed by atoms with Gasteiger partial charge in [0.1, 0.15) is 17.9 Å². The number of para-hydroxylation sites is 1. The number of likely N-dealkylation sites (tertiary alicyclic amines) is 1. The Balaban J connectivity index is 1.40. The number of carbonyl (C=O) groups excluding carboxylic acids is 1. The molecule has 29 heavy (non-hydrogen) atoms. The van der Waals surface area contributed by atoms with Crippen molar-refractivity contribution < 1.29 is 19.4 Å². The van der Waals surface area contributed by atoms with E-state index in [0.29, 0.717) is 25.6 Å². The minimum absolute atomic E-state index is 0.0706. The van der Waals surface area contributed by atoms with Crippen molar-refractivity contribution in [3.05, 3.63) is 29.8 Å². The summed E-state index contributed by atoms with van der Waals surface area (Å²) in [4.78, 5) is 30.7. The van der Waals surface area contributed by atoms with E-state index in [1.807, 2.05) is 36.1 Å². The number of carbonyl (C=O) groups is 2. The molecule has 2 saturated heterocycles. The molecule has 3 aliphatic rings. The lowest BCUT2D eigenvalue weighted by atomic mass is 9.91. The van der Waals surface area contributed by atoms with Crippen molar-refractivity contribution >= 4 is 12.0 Å². The molecule has 158 valence electrons. The van der Waals surface area contributed by atoms with Crippen LogP contribution in [-0.4, -0.2) is 82.7 Å². The van der Waals surface area contributed by atoms with E-state index in [9.17, 15) is 14.7 Å². The van der Waals surface area contributed by atoms with Crippen LogP contribution in [0.5, 0.6) is 5.75 Å². The van der Waals surface area contributed by atoms with Crippen molar-refractivity contribution in [1.82, 2.24) is 14.7 Å². The van der Waals surface area contributed by atoms with E-state index in [-0.39, 0.29) is 18.6 Å². The molecule has 2 aliphatic heterocycles. The van der Waals surface area contributed by atoms with Crippen LogP contribution in [0.1, 0.15) is 37.7 Å². The van der Waals surface area contributed by atoms with Crippen LogP contribution in [-0.2, 0) is 4.79 Å². The zero-order valence-electron chi connectivity index (χ0n) is 17.1. The van der Waals surface area contributed by atoms with Crippen molar-refractivity contribution in [3.63, 3.8) is 0 Å². The molecule has 0 unspecified atom stereocenters. The number of aryl methyl sites for hydroxylation is 1. The molecule has 7 heteroatoms. The Kier molecular flexibility index (Phi) is 5.94. The Morgan fingerprint density at radius 3 is 2.55 bits per heavy atom. The fourth-order valence-corrected chi connectivity index (χ4v) is 4.68. The lowest BCUT2D eigenvalue weighted by Gasteiger charge is -2.36. The average Bonchev–Trinajstić information content (AvgIpc) is 2.94. The van der Waals surface area contributed by atoms with E-state index in [0.717, 1.165) is 30.8 Å². The summed E-state index contributed by atoms with van der Waals surface area (Å²) in [5.41, 5.74) is 1.01. The van der Waals surface area contributed by atoms with Gasteiger partial charge in [-0.25, -0.2) is 4.79 Å². The number of ether oxygens (including phenoxy) is 1. The number of nitrogens with zero attached hydrogens (tertiary/aromatic N) is 3. The minimum atomic E-state index is -1.05. The van der Waals surface area contributed by atoms with Gasteiger partial charge in [-0.1, -0.05) is 24.6 Å². The Bertz CT molecular complexity index is 751. The van der Waals surface area contributed by atoms with E-state index in [4.69, 9.17) is 4.74 Å². The summed E-state index contributed by atoms with van der Waals surface area (Å²) in [6.07, 6.45) is 3.84. The maximum absolute atomic E-state index is 13.2. The molecule has 1 N–H and O–H groups in total. The Hall–Kier alpha value is -2.28. The minimum Gasteiger partial charge on any atom is -0.488 e. The van der Waals surface area contributed by atoms with Crippen LogP contribution in [0.25, 0.3) is 0 Å². The predicted molar refractivity (Wildman–Crippen MR) is 109 cm³/mol. The number of hydrogen-bond donors (Lipinski definition) is 1. The molecule has 0 aromatic heterocycles. The van der Waals surface area contributed by atoms with Crippen LogP contribution in [0, 0.1) is 6.92 Å². The van der Waals surface area contributed by atoms with Gasteiger partial charge in [0.05, 0.1) is 6.54 Å². The fourth-order valence-electron chi connectivity index (χ4n) is 4.68. The van der Waals surface area contributed by atoms with Gasteiger partial charge in [-0.3, -0.25) is 14.6 Å². The van der Waals surface area contributed by atoms with Crippen LogP contribution in [0.2, 0.25) is 0 Å². The standard InChI is InChI=1S/C22H31N3O4/c1-16-6-2-3-9-20(16)29-18-14-19(25(15-18)22(27)28)21(26)24-11-5-10-23(12-13-24)17-7-4-8-17/h2-3,6,9,17-19H,4-5,7-8,10-15H2,1H3,(H,27,28)/t18-,19+/m0/s1. The first-order chi connectivity index (χ1) is 14.0. The number of amides is 2. The molecule has 3 fully saturated rings. The van der Waals surface area contributed by atoms with Gasteiger partial charge in [-0.15, -0.1) is 0 Å². The van der Waals surface area contributed by atoms with Crippen LogP contribution in [0.4, 0.5) is 4.79 Å². The zero-order chi connectivity index (χ0) is 20.4. The SMILES string of the molecule is Cc1ccccc1O[C@H]1C[C@H](C(=O)N2CCCN(C3CCC3)CC2)N(C(=O)O)C1. The van der Waals surface area contributed by atoms with Gasteiger partial charge in [0.2, 0.25) is 5.91 Å². The molecule has 2 amide bonds. The largest absolute Gasteiger partial charge is 0.488 e. The molecule has 0 radical (unpaired) electrons. The molecule has 1 aromatic carbocycles. The first-order valence-corrected chi connectivity index (χ1v) is 10.8. The molecule has 7 nitrogen and oxygen atoms in total. The molecule has 1 saturated carbocycles. The lowest BCUT2D eigenvalue weighted by Crippen LogP contribution is -2.49. The topological polar surface area (TPSA) is 73.3 Å². The van der Waals surface area contributed by atoms with E-state index in [1.54, 1.807) is 0 Å². The molecule has 0 bridgehead atoms. The van der Waals surface area contributed by atoms with E-state index in [2.05, 4.69) is 4.90 Å². The molecule has 1 aromatic rings. The zero-order valence-corrected chi connectivity index (χ0v) is 17.1. The fraction of sp³-hybridized carbons (Fsp3) is 0.636. The Morgan fingerprint density at radius 2 is 1.86 bits per heavy atom. The number of rotatable bonds is 4. The van der Waals surface area contributed by atoms with Gasteiger partial charge >= 0.3 is 6.09 Å². The third-order valence-corrected chi connectivity index (χ3v) is 6.61. The van der Waals surface area contributed by atoms with Gasteiger partial charge in [0.25, 0.3) is 0 Å². The predicted octanol–water partition coefficient (Wildman–Crippen LogP) is 2.58. The molecule has 0 spiro atoms. The molecular formula is C22H31N3O4. The monoisotopic (exact) mass is 401 g/mol. The van der Waals surface area contributed by atoms with Crippen molar-refractivity contribution in [3.8, 4) is 5.75 Å². The maximum Gasteiger partial charge on any atom is 0.408 e. The first-order valence-electron chi connectivity index (χ1n) is 10.8. The van der Waals surface area contributed by atoms with Crippen molar-refractivity contribution in [2.45, 2.75) is 57.2 Å². The van der Waals surface area contributed by atoms with Crippen molar-refractivity contribution in [2.24, 2.45) is 0 Å². The summed E-state index contributed by atoms with van der Waals surface area (Å²) >= 11 is 0. The second-order valence-electron chi connectivity index (χ2n) is 8.49. The van der Waals surface area contributed by atoms with Crippen LogP contribution in [0.15, 0.2) is 24.3 Å². The molecule has 4 rings (SSSR count). The highest BCUT2D eigenvalue weighted by atomic mass is 16.5. The smallest absolute Gasteiger partial charge is 0.408 e. The summed E-state index contributed by atoms with van der Waals surface area (Å²) in [5, 5.41) is 9.67. The highest BCUT2D eigenvalue weighted by Gasteiger charge is 2.43. The lowest BCUT2D eigenvalue weighted by molar-refractivity contribution is -0.135. The number of hydrogen-bond acceptors (Lipinski definition) is 4. The van der Waals surface area contributed by atoms with Crippen molar-refractivity contribution in [2.75, 3.05) is 32.7 Å². The summed E-state index contributed by atoms with van der Waals surface area (Å²) in [7, 11) is 0. The Morgan fingerprint density at radius 1 is 1.07 bits per heavy atom. The highest BCUT2D eigenvalue weighted by Crippen LogP contribution is 2.28. The summed E-state index contributed by atoms with van der Waals surface area (Å²) in [6, 6.07) is 7.72. The second kappa shape index (κ2) is 8.61. The summed E-state index contributed by atoms with van der Waals surface area (Å²) < 4.78 is 6.07. The normalized spacial score (nSPS) is 26.1. The van der Waals surface area contributed by atoms with Gasteiger partial charge < -0.3 is 14.7 Å². The average molecular weight is 402 g/mol.